The minimum atomic E-state index is -3.57. The van der Waals surface area contributed by atoms with Crippen LogP contribution in [0.15, 0.2) is 41.3 Å². The predicted molar refractivity (Wildman–Crippen MR) is 116 cm³/mol. The maximum atomic E-state index is 12.9. The lowest BCUT2D eigenvalue weighted by molar-refractivity contribution is 0.327. The van der Waals surface area contributed by atoms with E-state index in [1.54, 1.807) is 24.3 Å². The van der Waals surface area contributed by atoms with Gasteiger partial charge in [0.05, 0.1) is 11.5 Å². The van der Waals surface area contributed by atoms with E-state index in [0.29, 0.717) is 19.6 Å². The number of hydrogen-bond acceptors (Lipinski definition) is 3. The summed E-state index contributed by atoms with van der Waals surface area (Å²) in [6.07, 6.45) is 9.45. The Morgan fingerprint density at radius 2 is 1.78 bits per heavy atom. The Kier molecular flexibility index (Phi) is 8.49. The van der Waals surface area contributed by atoms with Gasteiger partial charge in [0.2, 0.25) is 10.0 Å². The van der Waals surface area contributed by atoms with Gasteiger partial charge < -0.3 is 4.43 Å². The van der Waals surface area contributed by atoms with Crippen molar-refractivity contribution in [3.63, 3.8) is 0 Å². The van der Waals surface area contributed by atoms with E-state index in [2.05, 4.69) is 39.8 Å². The van der Waals surface area contributed by atoms with E-state index < -0.39 is 18.3 Å². The molecular weight excluding hydrogens is 374 g/mol. The van der Waals surface area contributed by atoms with Crippen LogP contribution in [0.5, 0.6) is 0 Å². The molecule has 0 unspecified atom stereocenters. The first-order chi connectivity index (χ1) is 12.4. The molecular formula is C21H33NO3SSi. The van der Waals surface area contributed by atoms with Crippen molar-refractivity contribution in [3.05, 3.63) is 42.0 Å². The van der Waals surface area contributed by atoms with Crippen molar-refractivity contribution in [2.24, 2.45) is 0 Å². The van der Waals surface area contributed by atoms with Crippen LogP contribution in [0.1, 0.15) is 32.8 Å². The molecule has 0 saturated carbocycles. The van der Waals surface area contributed by atoms with E-state index in [-0.39, 0.29) is 16.5 Å². The zero-order chi connectivity index (χ0) is 20.7. The van der Waals surface area contributed by atoms with E-state index in [9.17, 15) is 8.42 Å². The summed E-state index contributed by atoms with van der Waals surface area (Å²) in [7, 11) is -5.38. The summed E-state index contributed by atoms with van der Waals surface area (Å²) in [5, 5.41) is 0.147. The van der Waals surface area contributed by atoms with Crippen LogP contribution in [0, 0.1) is 19.3 Å². The smallest absolute Gasteiger partial charge is 0.243 e. The minimum absolute atomic E-state index is 0.147. The number of benzene rings is 1. The molecule has 0 saturated heterocycles. The van der Waals surface area contributed by atoms with Crippen LogP contribution in [0.2, 0.25) is 18.1 Å². The van der Waals surface area contributed by atoms with Crippen molar-refractivity contribution in [1.29, 1.82) is 0 Å². The molecule has 0 aliphatic rings. The first-order valence-corrected chi connectivity index (χ1v) is 13.6. The molecule has 0 aliphatic heterocycles. The van der Waals surface area contributed by atoms with Crippen LogP contribution >= 0.6 is 0 Å². The zero-order valence-electron chi connectivity index (χ0n) is 17.5. The van der Waals surface area contributed by atoms with Crippen LogP contribution in [0.25, 0.3) is 0 Å². The van der Waals surface area contributed by atoms with Crippen LogP contribution in [0.3, 0.4) is 0 Å². The second-order valence-corrected chi connectivity index (χ2v) is 14.9. The molecule has 1 rings (SSSR count). The molecule has 0 heterocycles. The highest BCUT2D eigenvalue weighted by Gasteiger charge is 2.36. The Balaban J connectivity index is 2.81. The molecule has 0 bridgehead atoms. The lowest BCUT2D eigenvalue weighted by atomic mass is 10.2. The van der Waals surface area contributed by atoms with E-state index in [1.807, 2.05) is 19.1 Å². The zero-order valence-corrected chi connectivity index (χ0v) is 19.3. The number of terminal acetylenes is 1. The van der Waals surface area contributed by atoms with Crippen LogP contribution < -0.4 is 0 Å². The maximum absolute atomic E-state index is 12.9. The number of aryl methyl sites for hydroxylation is 1. The van der Waals surface area contributed by atoms with Gasteiger partial charge in [0.15, 0.2) is 8.32 Å². The number of rotatable bonds is 9. The number of hydrogen-bond donors (Lipinski definition) is 0. The summed E-state index contributed by atoms with van der Waals surface area (Å²) in [6.45, 7) is 14.0. The van der Waals surface area contributed by atoms with Crippen molar-refractivity contribution in [1.82, 2.24) is 4.31 Å². The van der Waals surface area contributed by atoms with Gasteiger partial charge in [-0.05, 0) is 37.2 Å². The van der Waals surface area contributed by atoms with E-state index in [1.165, 1.54) is 4.31 Å². The first kappa shape index (κ1) is 23.6. The Labute approximate surface area is 166 Å². The Hall–Kier alpha value is -1.39. The molecule has 4 nitrogen and oxygen atoms in total. The van der Waals surface area contributed by atoms with E-state index >= 15 is 0 Å². The monoisotopic (exact) mass is 407 g/mol. The average Bonchev–Trinajstić information content (AvgIpc) is 2.56. The summed E-state index contributed by atoms with van der Waals surface area (Å²) >= 11 is 0. The third-order valence-electron chi connectivity index (χ3n) is 4.99. The topological polar surface area (TPSA) is 46.6 Å². The molecule has 0 atom stereocenters. The molecule has 0 radical (unpaired) electrons. The van der Waals surface area contributed by atoms with Gasteiger partial charge >= 0.3 is 0 Å². The third kappa shape index (κ3) is 6.93. The fraction of sp³-hybridized carbons (Fsp3) is 0.524. The summed E-state index contributed by atoms with van der Waals surface area (Å²) in [4.78, 5) is 0.288. The SMILES string of the molecule is C#CCCN(C/C=C/CO[Si](C)(C)C(C)(C)C)S(=O)(=O)c1ccc(C)cc1. The standard InChI is InChI=1S/C21H33NO3SSi/c1-8-9-16-22(26(23,24)20-14-12-19(2)13-15-20)17-10-11-18-25-27(6,7)21(3,4)5/h1,10-15H,9,16-18H2,2-7H3/b11-10+. The summed E-state index contributed by atoms with van der Waals surface area (Å²) < 4.78 is 33.3. The lowest BCUT2D eigenvalue weighted by Gasteiger charge is -2.35. The van der Waals surface area contributed by atoms with Crippen LogP contribution in [0.4, 0.5) is 0 Å². The lowest BCUT2D eigenvalue weighted by Crippen LogP contribution is -2.40. The summed E-state index contributed by atoms with van der Waals surface area (Å²) in [5.74, 6) is 2.52. The van der Waals surface area contributed by atoms with Gasteiger partial charge in [-0.15, -0.1) is 12.3 Å². The maximum Gasteiger partial charge on any atom is 0.243 e. The molecule has 0 amide bonds. The predicted octanol–water partition coefficient (Wildman–Crippen LogP) is 4.59. The van der Waals surface area contributed by atoms with Crippen LogP contribution in [-0.2, 0) is 14.4 Å². The molecule has 0 N–H and O–H groups in total. The van der Waals surface area contributed by atoms with Gasteiger partial charge in [-0.25, -0.2) is 8.42 Å². The van der Waals surface area contributed by atoms with Crippen molar-refractivity contribution in [2.45, 2.75) is 57.1 Å². The van der Waals surface area contributed by atoms with Crippen LogP contribution in [-0.4, -0.2) is 40.7 Å². The Bertz CT molecular complexity index is 769. The van der Waals surface area contributed by atoms with Gasteiger partial charge in [0.1, 0.15) is 0 Å². The van der Waals surface area contributed by atoms with Gasteiger partial charge in [0.25, 0.3) is 0 Å². The molecule has 150 valence electrons. The fourth-order valence-corrected chi connectivity index (χ4v) is 4.43. The highest BCUT2D eigenvalue weighted by atomic mass is 32.2. The van der Waals surface area contributed by atoms with Gasteiger partial charge in [-0.1, -0.05) is 50.6 Å². The average molecular weight is 408 g/mol. The number of sulfonamides is 1. The summed E-state index contributed by atoms with van der Waals surface area (Å²) in [5.41, 5.74) is 1.02. The van der Waals surface area contributed by atoms with Crippen molar-refractivity contribution in [2.75, 3.05) is 19.7 Å². The molecule has 6 heteroatoms. The second-order valence-electron chi connectivity index (χ2n) is 8.17. The van der Waals surface area contributed by atoms with E-state index in [4.69, 9.17) is 10.8 Å². The minimum Gasteiger partial charge on any atom is -0.413 e. The first-order valence-electron chi connectivity index (χ1n) is 9.21. The molecule has 0 aromatic heterocycles. The molecule has 0 spiro atoms. The second kappa shape index (κ2) is 9.70. The third-order valence-corrected chi connectivity index (χ3v) is 11.4. The molecule has 27 heavy (non-hydrogen) atoms. The molecule has 1 aromatic rings. The van der Waals surface area contributed by atoms with Gasteiger partial charge in [-0.2, -0.15) is 4.31 Å². The largest absolute Gasteiger partial charge is 0.413 e. The Morgan fingerprint density at radius 1 is 1.19 bits per heavy atom. The highest BCUT2D eigenvalue weighted by Crippen LogP contribution is 2.36. The number of nitrogens with zero attached hydrogens (tertiary/aromatic N) is 1. The van der Waals surface area contributed by atoms with E-state index in [0.717, 1.165) is 5.56 Å². The molecule has 0 aliphatic carbocycles. The normalized spacial score (nSPS) is 13.3. The Morgan fingerprint density at radius 3 is 2.30 bits per heavy atom. The molecule has 0 fully saturated rings. The quantitative estimate of drug-likeness (QED) is 0.342. The van der Waals surface area contributed by atoms with Crippen molar-refractivity contribution >= 4 is 18.3 Å². The van der Waals surface area contributed by atoms with Crippen molar-refractivity contribution in [3.8, 4) is 12.3 Å². The molecule has 1 aromatic carbocycles. The summed E-state index contributed by atoms with van der Waals surface area (Å²) in [6, 6.07) is 6.87. The highest BCUT2D eigenvalue weighted by molar-refractivity contribution is 7.89. The van der Waals surface area contributed by atoms with Gasteiger partial charge in [-0.3, -0.25) is 0 Å². The van der Waals surface area contributed by atoms with Crippen molar-refractivity contribution < 1.29 is 12.8 Å². The van der Waals surface area contributed by atoms with Gasteiger partial charge in [0, 0.05) is 19.5 Å². The fourth-order valence-electron chi connectivity index (χ4n) is 2.09.